The van der Waals surface area contributed by atoms with Crippen LogP contribution in [-0.4, -0.2) is 18.5 Å². The highest BCUT2D eigenvalue weighted by Crippen LogP contribution is 2.30. The van der Waals surface area contributed by atoms with Crippen molar-refractivity contribution in [3.63, 3.8) is 0 Å². The summed E-state index contributed by atoms with van der Waals surface area (Å²) in [5.74, 6) is 1.86. The third kappa shape index (κ3) is 5.31. The molecule has 0 spiro atoms. The van der Waals surface area contributed by atoms with Crippen molar-refractivity contribution in [1.29, 1.82) is 0 Å². The molecule has 0 heterocycles. The molecule has 2 atom stereocenters. The van der Waals surface area contributed by atoms with E-state index in [2.05, 4.69) is 13.8 Å². The van der Waals surface area contributed by atoms with Gasteiger partial charge in [-0.2, -0.15) is 0 Å². The van der Waals surface area contributed by atoms with Crippen LogP contribution in [0.25, 0.3) is 0 Å². The van der Waals surface area contributed by atoms with Crippen LogP contribution in [0.1, 0.15) is 52.9 Å². The van der Waals surface area contributed by atoms with Crippen molar-refractivity contribution in [2.24, 2.45) is 11.8 Å². The molecule has 2 unspecified atom stereocenters. The lowest BCUT2D eigenvalue weighted by Crippen LogP contribution is -2.26. The SMILES string of the molecule is CC(=O)CCCOC1CC(C)CC(C)C1. The highest BCUT2D eigenvalue weighted by atomic mass is 16.5. The Labute approximate surface area is 93.4 Å². The molecule has 0 aliphatic heterocycles. The van der Waals surface area contributed by atoms with Crippen molar-refractivity contribution in [2.75, 3.05) is 6.61 Å². The number of carbonyl (C=O) groups excluding carboxylic acids is 1. The van der Waals surface area contributed by atoms with Gasteiger partial charge in [0.05, 0.1) is 6.10 Å². The molecule has 0 aromatic rings. The first-order valence-electron chi connectivity index (χ1n) is 6.19. The molecule has 0 radical (unpaired) electrons. The Morgan fingerprint density at radius 3 is 2.33 bits per heavy atom. The second-order valence-corrected chi connectivity index (χ2v) is 5.22. The molecule has 1 aliphatic rings. The predicted octanol–water partition coefficient (Wildman–Crippen LogP) is 3.20. The van der Waals surface area contributed by atoms with Gasteiger partial charge in [0.15, 0.2) is 0 Å². The zero-order chi connectivity index (χ0) is 11.3. The first-order chi connectivity index (χ1) is 7.08. The molecule has 0 aromatic carbocycles. The molecule has 88 valence electrons. The molecule has 0 N–H and O–H groups in total. The van der Waals surface area contributed by atoms with Crippen LogP contribution >= 0.6 is 0 Å². The van der Waals surface area contributed by atoms with E-state index in [4.69, 9.17) is 4.74 Å². The summed E-state index contributed by atoms with van der Waals surface area (Å²) in [6.07, 6.45) is 5.73. The van der Waals surface area contributed by atoms with E-state index < -0.39 is 0 Å². The van der Waals surface area contributed by atoms with Crippen LogP contribution < -0.4 is 0 Å². The van der Waals surface area contributed by atoms with Gasteiger partial charge in [-0.1, -0.05) is 13.8 Å². The minimum absolute atomic E-state index is 0.268. The van der Waals surface area contributed by atoms with Crippen LogP contribution in [0.4, 0.5) is 0 Å². The maximum atomic E-state index is 10.7. The average molecular weight is 212 g/mol. The molecular weight excluding hydrogens is 188 g/mol. The Kier molecular flexibility index (Phi) is 5.30. The molecule has 2 heteroatoms. The molecule has 2 nitrogen and oxygen atoms in total. The summed E-state index contributed by atoms with van der Waals surface area (Å²) in [6, 6.07) is 0. The van der Waals surface area contributed by atoms with E-state index in [9.17, 15) is 4.79 Å². The molecule has 0 aromatic heterocycles. The number of ether oxygens (including phenoxy) is 1. The minimum Gasteiger partial charge on any atom is -0.378 e. The number of rotatable bonds is 5. The molecule has 1 rings (SSSR count). The van der Waals surface area contributed by atoms with Gasteiger partial charge in [-0.3, -0.25) is 0 Å². The van der Waals surface area contributed by atoms with Crippen LogP contribution in [0.5, 0.6) is 0 Å². The van der Waals surface area contributed by atoms with Gasteiger partial charge in [0.25, 0.3) is 0 Å². The quantitative estimate of drug-likeness (QED) is 0.654. The summed E-state index contributed by atoms with van der Waals surface area (Å²) in [6.45, 7) is 7.01. The molecule has 1 saturated carbocycles. The highest BCUT2D eigenvalue weighted by Gasteiger charge is 2.24. The van der Waals surface area contributed by atoms with E-state index in [1.807, 2.05) is 0 Å². The van der Waals surface area contributed by atoms with E-state index in [-0.39, 0.29) is 5.78 Å². The number of carbonyl (C=O) groups is 1. The summed E-state index contributed by atoms with van der Waals surface area (Å²) in [5, 5.41) is 0. The zero-order valence-electron chi connectivity index (χ0n) is 10.3. The van der Waals surface area contributed by atoms with Crippen molar-refractivity contribution >= 4 is 5.78 Å². The second kappa shape index (κ2) is 6.26. The minimum atomic E-state index is 0.268. The van der Waals surface area contributed by atoms with Gasteiger partial charge in [0.1, 0.15) is 5.78 Å². The van der Waals surface area contributed by atoms with Crippen LogP contribution in [0.3, 0.4) is 0 Å². The Morgan fingerprint density at radius 1 is 1.20 bits per heavy atom. The molecule has 0 saturated heterocycles. The second-order valence-electron chi connectivity index (χ2n) is 5.22. The third-order valence-corrected chi connectivity index (χ3v) is 3.16. The lowest BCUT2D eigenvalue weighted by Gasteiger charge is -2.31. The Hall–Kier alpha value is -0.370. The van der Waals surface area contributed by atoms with Gasteiger partial charge in [0.2, 0.25) is 0 Å². The molecule has 1 aliphatic carbocycles. The standard InChI is InChI=1S/C13H24O2/c1-10-7-11(2)9-13(8-10)15-6-4-5-12(3)14/h10-11,13H,4-9H2,1-3H3. The van der Waals surface area contributed by atoms with Crippen LogP contribution in [0.15, 0.2) is 0 Å². The largest absolute Gasteiger partial charge is 0.378 e. The summed E-state index contributed by atoms with van der Waals surface area (Å²) < 4.78 is 5.82. The Bertz CT molecular complexity index is 191. The molecule has 1 fully saturated rings. The molecular formula is C13H24O2. The first kappa shape index (κ1) is 12.7. The van der Waals surface area contributed by atoms with Gasteiger partial charge in [0, 0.05) is 13.0 Å². The zero-order valence-corrected chi connectivity index (χ0v) is 10.3. The molecule has 0 amide bonds. The van der Waals surface area contributed by atoms with E-state index in [0.717, 1.165) is 24.9 Å². The number of hydrogen-bond donors (Lipinski definition) is 0. The number of Topliss-reactive ketones (excluding diaryl/α,β-unsaturated/α-hetero) is 1. The fourth-order valence-electron chi connectivity index (χ4n) is 2.58. The monoisotopic (exact) mass is 212 g/mol. The normalized spacial score (nSPS) is 31.5. The summed E-state index contributed by atoms with van der Waals surface area (Å²) >= 11 is 0. The summed E-state index contributed by atoms with van der Waals surface area (Å²) in [7, 11) is 0. The van der Waals surface area contributed by atoms with E-state index in [1.165, 1.54) is 19.3 Å². The van der Waals surface area contributed by atoms with Gasteiger partial charge >= 0.3 is 0 Å². The van der Waals surface area contributed by atoms with Crippen molar-refractivity contribution in [2.45, 2.75) is 59.0 Å². The molecule has 15 heavy (non-hydrogen) atoms. The van der Waals surface area contributed by atoms with E-state index >= 15 is 0 Å². The first-order valence-corrected chi connectivity index (χ1v) is 6.19. The van der Waals surface area contributed by atoms with Crippen molar-refractivity contribution in [3.05, 3.63) is 0 Å². The van der Waals surface area contributed by atoms with Crippen LogP contribution in [0, 0.1) is 11.8 Å². The maximum Gasteiger partial charge on any atom is 0.129 e. The molecule has 0 bridgehead atoms. The average Bonchev–Trinajstić information content (AvgIpc) is 2.10. The van der Waals surface area contributed by atoms with Crippen molar-refractivity contribution < 1.29 is 9.53 Å². The van der Waals surface area contributed by atoms with Crippen molar-refractivity contribution in [1.82, 2.24) is 0 Å². The number of hydrogen-bond acceptors (Lipinski definition) is 2. The van der Waals surface area contributed by atoms with Crippen LogP contribution in [0.2, 0.25) is 0 Å². The van der Waals surface area contributed by atoms with E-state index in [1.54, 1.807) is 6.92 Å². The van der Waals surface area contributed by atoms with Gasteiger partial charge in [-0.15, -0.1) is 0 Å². The summed E-state index contributed by atoms with van der Waals surface area (Å²) in [5.41, 5.74) is 0. The lowest BCUT2D eigenvalue weighted by atomic mass is 9.82. The van der Waals surface area contributed by atoms with E-state index in [0.29, 0.717) is 12.5 Å². The number of ketones is 1. The van der Waals surface area contributed by atoms with Crippen LogP contribution in [-0.2, 0) is 9.53 Å². The van der Waals surface area contributed by atoms with Crippen molar-refractivity contribution in [3.8, 4) is 0 Å². The predicted molar refractivity (Wildman–Crippen MR) is 61.8 cm³/mol. The van der Waals surface area contributed by atoms with Gasteiger partial charge in [-0.25, -0.2) is 0 Å². The third-order valence-electron chi connectivity index (χ3n) is 3.16. The topological polar surface area (TPSA) is 26.3 Å². The Morgan fingerprint density at radius 2 is 1.80 bits per heavy atom. The fraction of sp³-hybridized carbons (Fsp3) is 0.923. The summed E-state index contributed by atoms with van der Waals surface area (Å²) in [4.78, 5) is 10.7. The maximum absolute atomic E-state index is 10.7. The van der Waals surface area contributed by atoms with Gasteiger partial charge < -0.3 is 9.53 Å². The fourth-order valence-corrected chi connectivity index (χ4v) is 2.58. The lowest BCUT2D eigenvalue weighted by molar-refractivity contribution is -0.117. The highest BCUT2D eigenvalue weighted by molar-refractivity contribution is 5.75. The Balaban J connectivity index is 2.12. The smallest absolute Gasteiger partial charge is 0.129 e. The van der Waals surface area contributed by atoms with Gasteiger partial charge in [-0.05, 0) is 44.4 Å².